The second-order valence-electron chi connectivity index (χ2n) is 4.23. The van der Waals surface area contributed by atoms with Crippen molar-refractivity contribution >= 4 is 17.3 Å². The first kappa shape index (κ1) is 12.9. The number of nitrogens with one attached hydrogen (secondary N) is 2. The van der Waals surface area contributed by atoms with Gasteiger partial charge in [0, 0.05) is 30.9 Å². The lowest BCUT2D eigenvalue weighted by atomic mass is 10.1. The maximum Gasteiger partial charge on any atom is 0.248 e. The van der Waals surface area contributed by atoms with Crippen LogP contribution in [0.25, 0.3) is 0 Å². The molecule has 19 heavy (non-hydrogen) atoms. The molecule has 1 aromatic carbocycles. The topological polar surface area (TPSA) is 110 Å². The number of benzene rings is 1. The van der Waals surface area contributed by atoms with E-state index >= 15 is 0 Å². The molecular weight excluding hydrogens is 242 g/mol. The highest BCUT2D eigenvalue weighted by Gasteiger charge is 2.04. The van der Waals surface area contributed by atoms with Crippen LogP contribution >= 0.6 is 0 Å². The molecule has 0 aliphatic carbocycles. The van der Waals surface area contributed by atoms with Crippen LogP contribution in [0.3, 0.4) is 0 Å². The van der Waals surface area contributed by atoms with Gasteiger partial charge in [-0.25, -0.2) is 4.98 Å². The monoisotopic (exact) mass is 259 g/mol. The van der Waals surface area contributed by atoms with Crippen molar-refractivity contribution in [1.29, 1.82) is 0 Å². The van der Waals surface area contributed by atoms with E-state index in [4.69, 9.17) is 11.5 Å². The summed E-state index contributed by atoms with van der Waals surface area (Å²) in [5.41, 5.74) is 12.8. The number of nitrogens with zero attached hydrogens (tertiary/aromatic N) is 1. The summed E-state index contributed by atoms with van der Waals surface area (Å²) in [4.78, 5) is 18.3. The molecular formula is C13H17N5O. The van der Waals surface area contributed by atoms with Crippen molar-refractivity contribution in [1.82, 2.24) is 9.97 Å². The van der Waals surface area contributed by atoms with Crippen LogP contribution in [0.15, 0.2) is 30.6 Å². The van der Waals surface area contributed by atoms with Gasteiger partial charge in [-0.05, 0) is 24.6 Å². The van der Waals surface area contributed by atoms with E-state index in [0.29, 0.717) is 11.3 Å². The summed E-state index contributed by atoms with van der Waals surface area (Å²) in [5.74, 6) is 0.499. The Hall–Kier alpha value is -2.50. The van der Waals surface area contributed by atoms with Crippen molar-refractivity contribution in [3.8, 4) is 0 Å². The van der Waals surface area contributed by atoms with E-state index in [9.17, 15) is 4.79 Å². The number of primary amides is 1. The van der Waals surface area contributed by atoms with Crippen LogP contribution in [0, 0.1) is 0 Å². The summed E-state index contributed by atoms with van der Waals surface area (Å²) < 4.78 is 0. The van der Waals surface area contributed by atoms with Gasteiger partial charge in [0.1, 0.15) is 5.82 Å². The number of nitrogen functional groups attached to an aromatic ring is 1. The van der Waals surface area contributed by atoms with Crippen molar-refractivity contribution in [3.63, 3.8) is 0 Å². The molecule has 6 N–H and O–H groups in total. The molecule has 0 aliphatic heterocycles. The summed E-state index contributed by atoms with van der Waals surface area (Å²) >= 11 is 0. The largest absolute Gasteiger partial charge is 0.397 e. The third-order valence-corrected chi connectivity index (χ3v) is 2.80. The average molecular weight is 259 g/mol. The molecule has 6 heteroatoms. The number of anilines is 2. The van der Waals surface area contributed by atoms with Gasteiger partial charge >= 0.3 is 0 Å². The van der Waals surface area contributed by atoms with Gasteiger partial charge in [-0.1, -0.05) is 0 Å². The van der Waals surface area contributed by atoms with Crippen molar-refractivity contribution in [3.05, 3.63) is 42.0 Å². The molecule has 0 spiro atoms. The molecule has 2 rings (SSSR count). The van der Waals surface area contributed by atoms with E-state index in [2.05, 4.69) is 15.3 Å². The highest BCUT2D eigenvalue weighted by Crippen LogP contribution is 2.19. The minimum Gasteiger partial charge on any atom is -0.397 e. The predicted octanol–water partition coefficient (Wildman–Crippen LogP) is 1.14. The maximum atomic E-state index is 11.1. The van der Waals surface area contributed by atoms with Gasteiger partial charge in [0.2, 0.25) is 5.91 Å². The normalized spacial score (nSPS) is 10.3. The zero-order chi connectivity index (χ0) is 13.7. The van der Waals surface area contributed by atoms with Gasteiger partial charge in [-0.15, -0.1) is 0 Å². The quantitative estimate of drug-likeness (QED) is 0.460. The van der Waals surface area contributed by atoms with Gasteiger partial charge in [0.25, 0.3) is 0 Å². The molecule has 0 aliphatic rings. The predicted molar refractivity (Wildman–Crippen MR) is 74.8 cm³/mol. The Labute approximate surface area is 111 Å². The van der Waals surface area contributed by atoms with E-state index in [0.717, 1.165) is 30.9 Å². The Morgan fingerprint density at radius 2 is 2.26 bits per heavy atom. The van der Waals surface area contributed by atoms with Crippen LogP contribution in [0.5, 0.6) is 0 Å². The smallest absolute Gasteiger partial charge is 0.248 e. The van der Waals surface area contributed by atoms with E-state index in [1.54, 1.807) is 30.6 Å². The Bertz CT molecular complexity index is 550. The third-order valence-electron chi connectivity index (χ3n) is 2.80. The minimum atomic E-state index is -0.460. The summed E-state index contributed by atoms with van der Waals surface area (Å²) in [7, 11) is 0. The first-order chi connectivity index (χ1) is 9.16. The average Bonchev–Trinajstić information content (AvgIpc) is 2.89. The highest BCUT2D eigenvalue weighted by atomic mass is 16.1. The number of aromatic amines is 1. The molecule has 0 radical (unpaired) electrons. The van der Waals surface area contributed by atoms with Gasteiger partial charge in [-0.2, -0.15) is 0 Å². The minimum absolute atomic E-state index is 0.447. The summed E-state index contributed by atoms with van der Waals surface area (Å²) in [6.45, 7) is 0.743. The molecule has 0 bridgehead atoms. The van der Waals surface area contributed by atoms with Gasteiger partial charge in [0.05, 0.1) is 11.4 Å². The summed E-state index contributed by atoms with van der Waals surface area (Å²) in [5, 5.41) is 3.20. The fraction of sp³-hybridized carbons (Fsp3) is 0.231. The Balaban J connectivity index is 1.88. The number of nitrogens with two attached hydrogens (primary N) is 2. The molecule has 6 nitrogen and oxygen atoms in total. The van der Waals surface area contributed by atoms with Crippen LogP contribution in [-0.2, 0) is 6.42 Å². The number of hydrogen-bond donors (Lipinski definition) is 4. The standard InChI is InChI=1S/C13H17N5O/c14-10-4-3-9(13(15)19)8-11(10)16-5-1-2-12-17-6-7-18-12/h3-4,6-8,16H,1-2,5,14H2,(H2,15,19)(H,17,18). The highest BCUT2D eigenvalue weighted by molar-refractivity contribution is 5.94. The van der Waals surface area contributed by atoms with Crippen molar-refractivity contribution in [2.45, 2.75) is 12.8 Å². The molecule has 1 aromatic heterocycles. The number of rotatable bonds is 6. The lowest BCUT2D eigenvalue weighted by Crippen LogP contribution is -2.12. The number of H-pyrrole nitrogens is 1. The SMILES string of the molecule is NC(=O)c1ccc(N)c(NCCCc2ncc[nH]2)c1. The summed E-state index contributed by atoms with van der Waals surface area (Å²) in [6, 6.07) is 4.96. The lowest BCUT2D eigenvalue weighted by molar-refractivity contribution is 0.100. The first-order valence-corrected chi connectivity index (χ1v) is 6.08. The van der Waals surface area contributed by atoms with Crippen LogP contribution in [0.2, 0.25) is 0 Å². The van der Waals surface area contributed by atoms with Gasteiger partial charge in [0.15, 0.2) is 0 Å². The second kappa shape index (κ2) is 5.90. The Morgan fingerprint density at radius 3 is 2.95 bits per heavy atom. The fourth-order valence-corrected chi connectivity index (χ4v) is 1.78. The molecule has 2 aromatic rings. The zero-order valence-electron chi connectivity index (χ0n) is 10.5. The number of carbonyl (C=O) groups is 1. The van der Waals surface area contributed by atoms with Crippen LogP contribution in [0.1, 0.15) is 22.6 Å². The number of carbonyl (C=O) groups excluding carboxylic acids is 1. The molecule has 0 fully saturated rings. The zero-order valence-corrected chi connectivity index (χ0v) is 10.5. The Morgan fingerprint density at radius 1 is 1.42 bits per heavy atom. The molecule has 1 amide bonds. The second-order valence-corrected chi connectivity index (χ2v) is 4.23. The van der Waals surface area contributed by atoms with E-state index in [1.807, 2.05) is 0 Å². The molecule has 0 saturated heterocycles. The Kier molecular flexibility index (Phi) is 4.02. The number of imidazole rings is 1. The van der Waals surface area contributed by atoms with E-state index in [-0.39, 0.29) is 0 Å². The maximum absolute atomic E-state index is 11.1. The van der Waals surface area contributed by atoms with E-state index in [1.165, 1.54) is 0 Å². The fourth-order valence-electron chi connectivity index (χ4n) is 1.78. The number of amides is 1. The third kappa shape index (κ3) is 3.48. The van der Waals surface area contributed by atoms with Crippen LogP contribution in [-0.4, -0.2) is 22.4 Å². The van der Waals surface area contributed by atoms with Crippen LogP contribution < -0.4 is 16.8 Å². The van der Waals surface area contributed by atoms with Gasteiger partial charge < -0.3 is 21.8 Å². The molecule has 1 heterocycles. The first-order valence-electron chi connectivity index (χ1n) is 6.08. The molecule has 0 saturated carbocycles. The molecule has 0 unspecified atom stereocenters. The molecule has 100 valence electrons. The van der Waals surface area contributed by atoms with Gasteiger partial charge in [-0.3, -0.25) is 4.79 Å². The van der Waals surface area contributed by atoms with Crippen molar-refractivity contribution in [2.75, 3.05) is 17.6 Å². The van der Waals surface area contributed by atoms with Crippen molar-refractivity contribution < 1.29 is 4.79 Å². The number of aromatic nitrogens is 2. The molecule has 0 atom stereocenters. The van der Waals surface area contributed by atoms with Crippen molar-refractivity contribution in [2.24, 2.45) is 5.73 Å². The number of aryl methyl sites for hydroxylation is 1. The summed E-state index contributed by atoms with van der Waals surface area (Å²) in [6.07, 6.45) is 5.30. The lowest BCUT2D eigenvalue weighted by Gasteiger charge is -2.10. The number of hydrogen-bond acceptors (Lipinski definition) is 4. The van der Waals surface area contributed by atoms with Crippen LogP contribution in [0.4, 0.5) is 11.4 Å². The van der Waals surface area contributed by atoms with E-state index < -0.39 is 5.91 Å².